The number of nitrogens with two attached hydrogens (primary N) is 1. The minimum absolute atomic E-state index is 0.0585. The number of tetrazole rings is 1. The van der Waals surface area contributed by atoms with Crippen LogP contribution < -0.4 is 16.4 Å². The van der Waals surface area contributed by atoms with Crippen molar-refractivity contribution < 1.29 is 14.3 Å². The average Bonchev–Trinajstić information content (AvgIpc) is 3.22. The van der Waals surface area contributed by atoms with Crippen molar-refractivity contribution in [2.75, 3.05) is 25.0 Å². The van der Waals surface area contributed by atoms with E-state index in [9.17, 15) is 9.59 Å². The first-order chi connectivity index (χ1) is 15.5. The minimum Gasteiger partial charge on any atom is -0.465 e. The van der Waals surface area contributed by atoms with Crippen molar-refractivity contribution in [3.63, 3.8) is 0 Å². The van der Waals surface area contributed by atoms with Crippen LogP contribution in [0, 0.1) is 11.8 Å². The van der Waals surface area contributed by atoms with Gasteiger partial charge >= 0.3 is 5.97 Å². The number of hydrogen-bond acceptors (Lipinski definition) is 8. The lowest BCUT2D eigenvalue weighted by Crippen LogP contribution is -2.34. The lowest BCUT2D eigenvalue weighted by Gasteiger charge is -2.30. The number of carbonyl (C=O) groups is 2. The standard InChI is InChI=1S/C22H33N7O3/c1-3-32-20(31)14-29-22(26-27-28-29)21(18-7-9-19(10-8-18)25-15(2)30)24-13-17-6-4-5-16(11-17)12-23/h7-10,16-17,21,24H,3-6,11-14,23H2,1-2H3,(H,25,30). The Kier molecular flexibility index (Phi) is 8.69. The largest absolute Gasteiger partial charge is 0.465 e. The summed E-state index contributed by atoms with van der Waals surface area (Å²) in [6.07, 6.45) is 4.64. The van der Waals surface area contributed by atoms with Crippen LogP contribution >= 0.6 is 0 Å². The van der Waals surface area contributed by atoms with Gasteiger partial charge in [-0.2, -0.15) is 0 Å². The maximum atomic E-state index is 12.0. The highest BCUT2D eigenvalue weighted by molar-refractivity contribution is 5.88. The van der Waals surface area contributed by atoms with Crippen molar-refractivity contribution in [2.24, 2.45) is 17.6 Å². The fourth-order valence-electron chi connectivity index (χ4n) is 4.27. The number of aromatic nitrogens is 4. The molecule has 1 saturated carbocycles. The number of hydrogen-bond donors (Lipinski definition) is 3. The molecule has 1 aliphatic carbocycles. The van der Waals surface area contributed by atoms with E-state index in [-0.39, 0.29) is 24.5 Å². The minimum atomic E-state index is -0.390. The maximum absolute atomic E-state index is 12.0. The first-order valence-corrected chi connectivity index (χ1v) is 11.2. The molecule has 10 nitrogen and oxygen atoms in total. The fourth-order valence-corrected chi connectivity index (χ4v) is 4.27. The molecule has 1 aromatic carbocycles. The number of ether oxygens (including phenoxy) is 1. The van der Waals surface area contributed by atoms with E-state index in [4.69, 9.17) is 10.5 Å². The summed E-state index contributed by atoms with van der Waals surface area (Å²) in [7, 11) is 0. The Morgan fingerprint density at radius 2 is 2.00 bits per heavy atom. The number of carbonyl (C=O) groups excluding carboxylic acids is 2. The second-order valence-corrected chi connectivity index (χ2v) is 8.28. The molecule has 0 radical (unpaired) electrons. The van der Waals surface area contributed by atoms with E-state index in [1.165, 1.54) is 24.4 Å². The van der Waals surface area contributed by atoms with Crippen molar-refractivity contribution in [3.8, 4) is 0 Å². The molecule has 0 spiro atoms. The van der Waals surface area contributed by atoms with Crippen LogP contribution in [0.5, 0.6) is 0 Å². The van der Waals surface area contributed by atoms with E-state index in [2.05, 4.69) is 26.2 Å². The van der Waals surface area contributed by atoms with Gasteiger partial charge in [0, 0.05) is 12.6 Å². The van der Waals surface area contributed by atoms with Gasteiger partial charge in [-0.3, -0.25) is 9.59 Å². The van der Waals surface area contributed by atoms with Crippen molar-refractivity contribution in [2.45, 2.75) is 52.1 Å². The van der Waals surface area contributed by atoms with Gasteiger partial charge < -0.3 is 21.1 Å². The number of rotatable bonds is 10. The Morgan fingerprint density at radius 3 is 2.69 bits per heavy atom. The van der Waals surface area contributed by atoms with Crippen molar-refractivity contribution in [1.82, 2.24) is 25.5 Å². The summed E-state index contributed by atoms with van der Waals surface area (Å²) in [5, 5.41) is 18.4. The molecule has 0 saturated heterocycles. The van der Waals surface area contributed by atoms with E-state index >= 15 is 0 Å². The zero-order valence-electron chi connectivity index (χ0n) is 18.8. The highest BCUT2D eigenvalue weighted by Crippen LogP contribution is 2.29. The van der Waals surface area contributed by atoms with E-state index in [1.54, 1.807) is 6.92 Å². The SMILES string of the molecule is CCOC(=O)Cn1nnnc1C(NCC1CCCC(CN)C1)c1ccc(NC(C)=O)cc1. The summed E-state index contributed by atoms with van der Waals surface area (Å²) in [6.45, 7) is 4.99. The normalized spacial score (nSPS) is 19.3. The van der Waals surface area contributed by atoms with E-state index in [1.807, 2.05) is 24.3 Å². The molecule has 1 heterocycles. The fraction of sp³-hybridized carbons (Fsp3) is 0.591. The van der Waals surface area contributed by atoms with Crippen molar-refractivity contribution >= 4 is 17.6 Å². The van der Waals surface area contributed by atoms with Gasteiger partial charge in [0.25, 0.3) is 0 Å². The number of benzene rings is 1. The Balaban J connectivity index is 1.81. The summed E-state index contributed by atoms with van der Waals surface area (Å²) in [5.41, 5.74) is 7.55. The number of nitrogens with zero attached hydrogens (tertiary/aromatic N) is 4. The summed E-state index contributed by atoms with van der Waals surface area (Å²) in [6, 6.07) is 7.22. The highest BCUT2D eigenvalue weighted by atomic mass is 16.5. The smallest absolute Gasteiger partial charge is 0.327 e. The zero-order chi connectivity index (χ0) is 22.9. The second-order valence-electron chi connectivity index (χ2n) is 8.28. The third-order valence-corrected chi connectivity index (χ3v) is 5.80. The van der Waals surface area contributed by atoms with Gasteiger partial charge in [-0.25, -0.2) is 4.68 Å². The Bertz CT molecular complexity index is 884. The van der Waals surface area contributed by atoms with Gasteiger partial charge in [-0.1, -0.05) is 18.6 Å². The van der Waals surface area contributed by atoms with Crippen LogP contribution in [-0.4, -0.2) is 51.8 Å². The molecule has 3 rings (SSSR count). The molecule has 4 N–H and O–H groups in total. The average molecular weight is 444 g/mol. The van der Waals surface area contributed by atoms with E-state index in [0.717, 1.165) is 31.5 Å². The van der Waals surface area contributed by atoms with Gasteiger partial charge in [0.15, 0.2) is 5.82 Å². The number of amides is 1. The molecule has 1 aromatic heterocycles. The van der Waals surface area contributed by atoms with E-state index < -0.39 is 0 Å². The third kappa shape index (κ3) is 6.57. The summed E-state index contributed by atoms with van der Waals surface area (Å²) < 4.78 is 6.53. The predicted molar refractivity (Wildman–Crippen MR) is 120 cm³/mol. The number of esters is 1. The van der Waals surface area contributed by atoms with Crippen LogP contribution in [0.3, 0.4) is 0 Å². The zero-order valence-corrected chi connectivity index (χ0v) is 18.8. The van der Waals surface area contributed by atoms with Crippen LogP contribution in [0.2, 0.25) is 0 Å². The molecule has 2 aromatic rings. The monoisotopic (exact) mass is 443 g/mol. The lowest BCUT2D eigenvalue weighted by atomic mass is 9.81. The Labute approximate surface area is 188 Å². The van der Waals surface area contributed by atoms with Crippen LogP contribution in [0.4, 0.5) is 5.69 Å². The predicted octanol–water partition coefficient (Wildman–Crippen LogP) is 1.64. The molecule has 10 heteroatoms. The van der Waals surface area contributed by atoms with Crippen molar-refractivity contribution in [1.29, 1.82) is 0 Å². The molecule has 3 unspecified atom stereocenters. The molecular weight excluding hydrogens is 410 g/mol. The van der Waals surface area contributed by atoms with Crippen LogP contribution in [0.15, 0.2) is 24.3 Å². The second kappa shape index (κ2) is 11.7. The number of anilines is 1. The molecule has 3 atom stereocenters. The number of nitrogens with one attached hydrogen (secondary N) is 2. The molecule has 0 aliphatic heterocycles. The van der Waals surface area contributed by atoms with Gasteiger partial charge in [-0.05, 0) is 79.2 Å². The first kappa shape index (κ1) is 23.8. The highest BCUT2D eigenvalue weighted by Gasteiger charge is 2.26. The maximum Gasteiger partial charge on any atom is 0.327 e. The third-order valence-electron chi connectivity index (χ3n) is 5.80. The molecule has 32 heavy (non-hydrogen) atoms. The van der Waals surface area contributed by atoms with Crippen LogP contribution in [-0.2, 0) is 20.9 Å². The van der Waals surface area contributed by atoms with Crippen molar-refractivity contribution in [3.05, 3.63) is 35.7 Å². The van der Waals surface area contributed by atoms with Gasteiger partial charge in [0.1, 0.15) is 6.54 Å². The molecular formula is C22H33N7O3. The van der Waals surface area contributed by atoms with E-state index in [0.29, 0.717) is 30.0 Å². The summed E-state index contributed by atoms with van der Waals surface area (Å²) in [5.74, 6) is 1.11. The summed E-state index contributed by atoms with van der Waals surface area (Å²) >= 11 is 0. The summed E-state index contributed by atoms with van der Waals surface area (Å²) in [4.78, 5) is 23.4. The molecule has 1 fully saturated rings. The topological polar surface area (TPSA) is 137 Å². The lowest BCUT2D eigenvalue weighted by molar-refractivity contribution is -0.144. The Hall–Kier alpha value is -2.85. The molecule has 1 amide bonds. The van der Waals surface area contributed by atoms with Crippen LogP contribution in [0.25, 0.3) is 0 Å². The Morgan fingerprint density at radius 1 is 1.25 bits per heavy atom. The molecule has 0 bridgehead atoms. The van der Waals surface area contributed by atoms with Gasteiger partial charge in [0.05, 0.1) is 12.6 Å². The molecule has 1 aliphatic rings. The van der Waals surface area contributed by atoms with Gasteiger partial charge in [-0.15, -0.1) is 5.10 Å². The quantitative estimate of drug-likeness (QED) is 0.471. The molecule has 174 valence electrons. The first-order valence-electron chi connectivity index (χ1n) is 11.2. The van der Waals surface area contributed by atoms with Gasteiger partial charge in [0.2, 0.25) is 5.91 Å². The van der Waals surface area contributed by atoms with Crippen LogP contribution in [0.1, 0.15) is 57.0 Å².